The maximum Gasteiger partial charge on any atom is 0.267 e. The SMILES string of the molecule is C[C@@H]1CC(F)(F)CN1C(=O)CN1CC[C@H](Oc2cccc3[nH]c(=O)ccc23)C1. The second-order valence-electron chi connectivity index (χ2n) is 7.73. The molecule has 3 heterocycles. The van der Waals surface area contributed by atoms with Crippen LogP contribution in [0.4, 0.5) is 8.78 Å². The lowest BCUT2D eigenvalue weighted by Crippen LogP contribution is -2.42. The fourth-order valence-electron chi connectivity index (χ4n) is 4.11. The summed E-state index contributed by atoms with van der Waals surface area (Å²) in [5.74, 6) is -2.37. The number of aromatic amines is 1. The number of carbonyl (C=O) groups is 1. The highest BCUT2D eigenvalue weighted by atomic mass is 19.3. The van der Waals surface area contributed by atoms with Crippen molar-refractivity contribution < 1.29 is 18.3 Å². The standard InChI is InChI=1S/C20H23F2N3O3/c1-13-9-20(21,22)12-25(13)19(27)11-24-8-7-14(10-24)28-17-4-2-3-16-15(17)5-6-18(26)23-16/h2-6,13-14H,7-12H2,1H3,(H,23,26)/t13-,14+/m1/s1. The number of likely N-dealkylation sites (tertiary alicyclic amines) is 2. The van der Waals surface area contributed by atoms with Crippen molar-refractivity contribution in [3.63, 3.8) is 0 Å². The first-order chi connectivity index (χ1) is 13.3. The molecule has 0 aliphatic carbocycles. The lowest BCUT2D eigenvalue weighted by atomic mass is 10.2. The number of amides is 1. The Morgan fingerprint density at radius 2 is 2.14 bits per heavy atom. The van der Waals surface area contributed by atoms with E-state index in [0.717, 1.165) is 11.8 Å². The molecule has 0 bridgehead atoms. The van der Waals surface area contributed by atoms with E-state index >= 15 is 0 Å². The average molecular weight is 391 g/mol. The van der Waals surface area contributed by atoms with Gasteiger partial charge in [-0.05, 0) is 31.5 Å². The van der Waals surface area contributed by atoms with Crippen molar-refractivity contribution in [1.29, 1.82) is 0 Å². The van der Waals surface area contributed by atoms with Crippen molar-refractivity contribution in [2.45, 2.75) is 37.8 Å². The van der Waals surface area contributed by atoms with E-state index in [4.69, 9.17) is 4.74 Å². The van der Waals surface area contributed by atoms with Gasteiger partial charge in [0.05, 0.1) is 18.6 Å². The van der Waals surface area contributed by atoms with E-state index in [1.807, 2.05) is 23.1 Å². The number of fused-ring (bicyclic) bond motifs is 1. The second kappa shape index (κ2) is 7.16. The van der Waals surface area contributed by atoms with Gasteiger partial charge in [-0.25, -0.2) is 8.78 Å². The smallest absolute Gasteiger partial charge is 0.267 e. The maximum atomic E-state index is 13.5. The zero-order valence-corrected chi connectivity index (χ0v) is 15.7. The molecule has 6 nitrogen and oxygen atoms in total. The van der Waals surface area contributed by atoms with Crippen LogP contribution in [0.5, 0.6) is 5.75 Å². The lowest BCUT2D eigenvalue weighted by molar-refractivity contribution is -0.134. The fourth-order valence-corrected chi connectivity index (χ4v) is 4.11. The normalized spacial score (nSPS) is 24.8. The van der Waals surface area contributed by atoms with Gasteiger partial charge in [0, 0.05) is 37.0 Å². The summed E-state index contributed by atoms with van der Waals surface area (Å²) >= 11 is 0. The van der Waals surface area contributed by atoms with Gasteiger partial charge in [0.1, 0.15) is 11.9 Å². The first-order valence-corrected chi connectivity index (χ1v) is 9.49. The number of aromatic nitrogens is 1. The van der Waals surface area contributed by atoms with Crippen LogP contribution in [-0.4, -0.2) is 64.9 Å². The molecule has 4 rings (SSSR count). The molecule has 2 aliphatic rings. The van der Waals surface area contributed by atoms with E-state index in [-0.39, 0.29) is 30.5 Å². The zero-order valence-electron chi connectivity index (χ0n) is 15.7. The zero-order chi connectivity index (χ0) is 19.9. The number of hydrogen-bond donors (Lipinski definition) is 1. The Hall–Kier alpha value is -2.48. The number of halogens is 2. The van der Waals surface area contributed by atoms with Crippen molar-refractivity contribution in [1.82, 2.24) is 14.8 Å². The van der Waals surface area contributed by atoms with Crippen LogP contribution in [0.1, 0.15) is 19.8 Å². The third-order valence-corrected chi connectivity index (χ3v) is 5.46. The topological polar surface area (TPSA) is 65.6 Å². The molecule has 28 heavy (non-hydrogen) atoms. The molecule has 1 amide bonds. The number of pyridine rings is 1. The van der Waals surface area contributed by atoms with Crippen molar-refractivity contribution in [2.75, 3.05) is 26.2 Å². The third kappa shape index (κ3) is 3.87. The molecule has 2 atom stereocenters. The highest BCUT2D eigenvalue weighted by Crippen LogP contribution is 2.32. The molecule has 1 N–H and O–H groups in total. The first kappa shape index (κ1) is 18.9. The fraction of sp³-hybridized carbons (Fsp3) is 0.500. The number of H-pyrrole nitrogens is 1. The average Bonchev–Trinajstić information content (AvgIpc) is 3.17. The molecule has 2 aliphatic heterocycles. The van der Waals surface area contributed by atoms with Crippen LogP contribution < -0.4 is 10.3 Å². The largest absolute Gasteiger partial charge is 0.488 e. The summed E-state index contributed by atoms with van der Waals surface area (Å²) in [7, 11) is 0. The minimum atomic E-state index is -2.79. The lowest BCUT2D eigenvalue weighted by Gasteiger charge is -2.24. The van der Waals surface area contributed by atoms with Gasteiger partial charge >= 0.3 is 0 Å². The number of rotatable bonds is 4. The van der Waals surface area contributed by atoms with Crippen molar-refractivity contribution in [3.05, 3.63) is 40.7 Å². The summed E-state index contributed by atoms with van der Waals surface area (Å²) in [6.45, 7) is 2.54. The summed E-state index contributed by atoms with van der Waals surface area (Å²) < 4.78 is 33.2. The number of ether oxygens (including phenoxy) is 1. The maximum absolute atomic E-state index is 13.5. The summed E-state index contributed by atoms with van der Waals surface area (Å²) in [4.78, 5) is 29.9. The van der Waals surface area contributed by atoms with E-state index in [9.17, 15) is 18.4 Å². The number of alkyl halides is 2. The minimum Gasteiger partial charge on any atom is -0.488 e. The van der Waals surface area contributed by atoms with Gasteiger partial charge in [-0.15, -0.1) is 0 Å². The molecule has 2 fully saturated rings. The van der Waals surface area contributed by atoms with Gasteiger partial charge < -0.3 is 14.6 Å². The van der Waals surface area contributed by atoms with Crippen molar-refractivity contribution in [3.8, 4) is 5.75 Å². The summed E-state index contributed by atoms with van der Waals surface area (Å²) in [6.07, 6.45) is 0.384. The number of hydrogen-bond acceptors (Lipinski definition) is 4. The molecule has 1 aromatic carbocycles. The van der Waals surface area contributed by atoms with Gasteiger partial charge in [-0.2, -0.15) is 0 Å². The highest BCUT2D eigenvalue weighted by molar-refractivity contribution is 5.84. The molecule has 0 spiro atoms. The highest BCUT2D eigenvalue weighted by Gasteiger charge is 2.45. The Balaban J connectivity index is 1.37. The quantitative estimate of drug-likeness (QED) is 0.868. The molecule has 0 unspecified atom stereocenters. The Morgan fingerprint density at radius 1 is 1.32 bits per heavy atom. The Morgan fingerprint density at radius 3 is 2.89 bits per heavy atom. The predicted molar refractivity (Wildman–Crippen MR) is 101 cm³/mol. The van der Waals surface area contributed by atoms with Crippen LogP contribution >= 0.6 is 0 Å². The third-order valence-electron chi connectivity index (χ3n) is 5.46. The second-order valence-corrected chi connectivity index (χ2v) is 7.73. The number of nitrogens with one attached hydrogen (secondary N) is 1. The van der Waals surface area contributed by atoms with Gasteiger partial charge in [-0.3, -0.25) is 14.5 Å². The van der Waals surface area contributed by atoms with Crippen LogP contribution in [0.15, 0.2) is 35.1 Å². The number of benzene rings is 1. The molecule has 2 saturated heterocycles. The van der Waals surface area contributed by atoms with Crippen molar-refractivity contribution >= 4 is 16.8 Å². The predicted octanol–water partition coefficient (Wildman–Crippen LogP) is 2.24. The van der Waals surface area contributed by atoms with Crippen LogP contribution in [0.3, 0.4) is 0 Å². The molecular weight excluding hydrogens is 368 g/mol. The molecule has 150 valence electrons. The van der Waals surface area contributed by atoms with Crippen LogP contribution in [0, 0.1) is 0 Å². The molecule has 0 saturated carbocycles. The minimum absolute atomic E-state index is 0.0947. The molecular formula is C20H23F2N3O3. The first-order valence-electron chi connectivity index (χ1n) is 9.49. The molecule has 0 radical (unpaired) electrons. The van der Waals surface area contributed by atoms with Gasteiger partial charge in [0.2, 0.25) is 11.5 Å². The Kier molecular flexibility index (Phi) is 4.82. The van der Waals surface area contributed by atoms with Gasteiger partial charge in [0.15, 0.2) is 0 Å². The number of carbonyl (C=O) groups excluding carboxylic acids is 1. The van der Waals surface area contributed by atoms with Crippen LogP contribution in [0.2, 0.25) is 0 Å². The van der Waals surface area contributed by atoms with E-state index < -0.39 is 18.5 Å². The van der Waals surface area contributed by atoms with E-state index in [1.165, 1.54) is 11.0 Å². The molecule has 8 heteroatoms. The van der Waals surface area contributed by atoms with E-state index in [2.05, 4.69) is 4.98 Å². The van der Waals surface area contributed by atoms with Gasteiger partial charge in [0.25, 0.3) is 5.92 Å². The van der Waals surface area contributed by atoms with Gasteiger partial charge in [-0.1, -0.05) is 6.07 Å². The Labute approximate surface area is 161 Å². The van der Waals surface area contributed by atoms with Crippen LogP contribution in [-0.2, 0) is 4.79 Å². The van der Waals surface area contributed by atoms with Crippen LogP contribution in [0.25, 0.3) is 10.9 Å². The molecule has 2 aromatic rings. The van der Waals surface area contributed by atoms with E-state index in [1.54, 1.807) is 13.0 Å². The van der Waals surface area contributed by atoms with Crippen molar-refractivity contribution in [2.24, 2.45) is 0 Å². The summed E-state index contributed by atoms with van der Waals surface area (Å²) in [5.41, 5.74) is 0.538. The summed E-state index contributed by atoms with van der Waals surface area (Å²) in [6, 6.07) is 8.24. The van der Waals surface area contributed by atoms with E-state index in [0.29, 0.717) is 24.4 Å². The monoisotopic (exact) mass is 391 g/mol. The molecule has 1 aromatic heterocycles. The number of nitrogens with zero attached hydrogens (tertiary/aromatic N) is 2. The summed E-state index contributed by atoms with van der Waals surface area (Å²) in [5, 5.41) is 0.824. The Bertz CT molecular complexity index is 946.